The van der Waals surface area contributed by atoms with Crippen LogP contribution in [0.15, 0.2) is 18.2 Å². The van der Waals surface area contributed by atoms with Gasteiger partial charge in [-0.3, -0.25) is 0 Å². The Bertz CT molecular complexity index is 361. The van der Waals surface area contributed by atoms with Crippen LogP contribution in [0.4, 0.5) is 5.69 Å². The van der Waals surface area contributed by atoms with Crippen LogP contribution in [0.3, 0.4) is 0 Å². The normalized spacial score (nSPS) is 15.2. The number of hydrogen-bond acceptors (Lipinski definition) is 2. The van der Waals surface area contributed by atoms with Gasteiger partial charge in [-0.2, -0.15) is 0 Å². The first-order valence-electron chi connectivity index (χ1n) is 5.98. The minimum absolute atomic E-state index is 0.550. The second kappa shape index (κ2) is 5.07. The first-order chi connectivity index (χ1) is 7.74. The summed E-state index contributed by atoms with van der Waals surface area (Å²) in [5, 5.41) is 0.824. The van der Waals surface area contributed by atoms with Crippen molar-refractivity contribution in [3.05, 3.63) is 28.8 Å². The van der Waals surface area contributed by atoms with Gasteiger partial charge in [0.2, 0.25) is 0 Å². The molecule has 88 valence electrons. The minimum Gasteiger partial charge on any atom is -0.370 e. The molecule has 2 nitrogen and oxygen atoms in total. The van der Waals surface area contributed by atoms with Crippen molar-refractivity contribution < 1.29 is 0 Å². The molecule has 0 aromatic heterocycles. The van der Waals surface area contributed by atoms with Crippen molar-refractivity contribution in [3.63, 3.8) is 0 Å². The van der Waals surface area contributed by atoms with Crippen molar-refractivity contribution in [2.75, 3.05) is 18.0 Å². The third-order valence-corrected chi connectivity index (χ3v) is 3.45. The minimum atomic E-state index is 0.550. The second-order valence-corrected chi connectivity index (χ2v) is 4.88. The lowest BCUT2D eigenvalue weighted by Gasteiger charge is -2.24. The quantitative estimate of drug-likeness (QED) is 0.855. The maximum atomic E-state index is 6.29. The summed E-state index contributed by atoms with van der Waals surface area (Å²) in [4.78, 5) is 2.36. The van der Waals surface area contributed by atoms with Gasteiger partial charge in [-0.1, -0.05) is 17.7 Å². The van der Waals surface area contributed by atoms with E-state index >= 15 is 0 Å². The number of hydrogen-bond donors (Lipinski definition) is 1. The Hall–Kier alpha value is -0.730. The third kappa shape index (κ3) is 2.69. The summed E-state index contributed by atoms with van der Waals surface area (Å²) in [7, 11) is 0. The van der Waals surface area contributed by atoms with Crippen molar-refractivity contribution in [1.29, 1.82) is 0 Å². The number of nitrogens with two attached hydrogens (primary N) is 1. The monoisotopic (exact) mass is 238 g/mol. The smallest absolute Gasteiger partial charge is 0.0642 e. The summed E-state index contributed by atoms with van der Waals surface area (Å²) in [6.45, 7) is 4.88. The van der Waals surface area contributed by atoms with E-state index in [0.29, 0.717) is 6.54 Å². The lowest BCUT2D eigenvalue weighted by Crippen LogP contribution is -2.25. The molecule has 16 heavy (non-hydrogen) atoms. The van der Waals surface area contributed by atoms with Crippen LogP contribution in [-0.2, 0) is 6.54 Å². The zero-order valence-corrected chi connectivity index (χ0v) is 10.5. The Morgan fingerprint density at radius 2 is 2.19 bits per heavy atom. The van der Waals surface area contributed by atoms with E-state index in [0.717, 1.165) is 35.3 Å². The van der Waals surface area contributed by atoms with Crippen LogP contribution in [0.2, 0.25) is 5.02 Å². The van der Waals surface area contributed by atoms with E-state index in [1.807, 2.05) is 6.07 Å². The molecule has 2 N–H and O–H groups in total. The number of benzene rings is 1. The third-order valence-electron chi connectivity index (χ3n) is 3.15. The molecule has 0 spiro atoms. The maximum absolute atomic E-state index is 6.29. The standard InChI is InChI=1S/C13H19ClN2/c1-2-16(9-10-3-4-10)13-6-5-11(8-15)7-12(13)14/h5-7,10H,2-4,8-9,15H2,1H3. The molecule has 0 atom stereocenters. The van der Waals surface area contributed by atoms with Gasteiger partial charge in [0.25, 0.3) is 0 Å². The molecule has 0 unspecified atom stereocenters. The van der Waals surface area contributed by atoms with Crippen molar-refractivity contribution in [2.45, 2.75) is 26.3 Å². The highest BCUT2D eigenvalue weighted by molar-refractivity contribution is 6.33. The molecule has 0 aliphatic heterocycles. The molecule has 0 heterocycles. The van der Waals surface area contributed by atoms with Crippen LogP contribution in [0.5, 0.6) is 0 Å². The van der Waals surface area contributed by atoms with Gasteiger partial charge in [0, 0.05) is 19.6 Å². The largest absolute Gasteiger partial charge is 0.370 e. The van der Waals surface area contributed by atoms with Gasteiger partial charge in [0.1, 0.15) is 0 Å². The molecule has 1 saturated carbocycles. The summed E-state index contributed by atoms with van der Waals surface area (Å²) in [5.74, 6) is 0.880. The fourth-order valence-corrected chi connectivity index (χ4v) is 2.27. The molecule has 0 radical (unpaired) electrons. The molecule has 1 aromatic rings. The summed E-state index contributed by atoms with van der Waals surface area (Å²) < 4.78 is 0. The Kier molecular flexibility index (Phi) is 3.72. The Balaban J connectivity index is 2.15. The van der Waals surface area contributed by atoms with Gasteiger partial charge < -0.3 is 10.6 Å². The van der Waals surface area contributed by atoms with Crippen molar-refractivity contribution in [3.8, 4) is 0 Å². The Morgan fingerprint density at radius 1 is 1.44 bits per heavy atom. The molecular weight excluding hydrogens is 220 g/mol. The van der Waals surface area contributed by atoms with Crippen LogP contribution in [0, 0.1) is 5.92 Å². The van der Waals surface area contributed by atoms with E-state index in [4.69, 9.17) is 17.3 Å². The van der Waals surface area contributed by atoms with Gasteiger partial charge in [-0.25, -0.2) is 0 Å². The molecule has 2 rings (SSSR count). The topological polar surface area (TPSA) is 29.3 Å². The molecule has 1 aromatic carbocycles. The summed E-state index contributed by atoms with van der Waals surface area (Å²) in [6.07, 6.45) is 2.74. The van der Waals surface area contributed by atoms with Gasteiger partial charge in [-0.05, 0) is 43.4 Å². The predicted molar refractivity (Wildman–Crippen MR) is 70.0 cm³/mol. The first kappa shape index (κ1) is 11.7. The molecule has 1 aliphatic carbocycles. The molecule has 0 bridgehead atoms. The average Bonchev–Trinajstić information content (AvgIpc) is 3.10. The van der Waals surface area contributed by atoms with E-state index in [1.165, 1.54) is 12.8 Å². The van der Waals surface area contributed by atoms with Crippen LogP contribution < -0.4 is 10.6 Å². The number of nitrogens with zero attached hydrogens (tertiary/aromatic N) is 1. The molecule has 3 heteroatoms. The van der Waals surface area contributed by atoms with Crippen LogP contribution in [-0.4, -0.2) is 13.1 Å². The molecule has 1 fully saturated rings. The van der Waals surface area contributed by atoms with E-state index < -0.39 is 0 Å². The van der Waals surface area contributed by atoms with Crippen molar-refractivity contribution >= 4 is 17.3 Å². The van der Waals surface area contributed by atoms with Crippen molar-refractivity contribution in [2.24, 2.45) is 11.7 Å². The van der Waals surface area contributed by atoms with E-state index in [2.05, 4.69) is 24.0 Å². The second-order valence-electron chi connectivity index (χ2n) is 4.47. The lowest BCUT2D eigenvalue weighted by molar-refractivity contribution is 0.742. The number of halogens is 1. The fraction of sp³-hybridized carbons (Fsp3) is 0.538. The van der Waals surface area contributed by atoms with Crippen LogP contribution >= 0.6 is 11.6 Å². The van der Waals surface area contributed by atoms with Crippen LogP contribution in [0.25, 0.3) is 0 Å². The summed E-state index contributed by atoms with van der Waals surface area (Å²) in [5.41, 5.74) is 7.84. The predicted octanol–water partition coefficient (Wildman–Crippen LogP) is 3.04. The van der Waals surface area contributed by atoms with Gasteiger partial charge in [-0.15, -0.1) is 0 Å². The molecule has 0 saturated heterocycles. The number of rotatable bonds is 5. The van der Waals surface area contributed by atoms with Gasteiger partial charge in [0.15, 0.2) is 0 Å². The summed E-state index contributed by atoms with van der Waals surface area (Å²) in [6, 6.07) is 6.14. The van der Waals surface area contributed by atoms with E-state index in [1.54, 1.807) is 0 Å². The first-order valence-corrected chi connectivity index (χ1v) is 6.35. The zero-order valence-electron chi connectivity index (χ0n) is 9.75. The maximum Gasteiger partial charge on any atom is 0.0642 e. The van der Waals surface area contributed by atoms with Crippen molar-refractivity contribution in [1.82, 2.24) is 0 Å². The van der Waals surface area contributed by atoms with Crippen LogP contribution in [0.1, 0.15) is 25.3 Å². The van der Waals surface area contributed by atoms with E-state index in [-0.39, 0.29) is 0 Å². The van der Waals surface area contributed by atoms with Gasteiger partial charge in [0.05, 0.1) is 10.7 Å². The summed E-state index contributed by atoms with van der Waals surface area (Å²) >= 11 is 6.29. The highest BCUT2D eigenvalue weighted by Crippen LogP contribution is 2.33. The zero-order chi connectivity index (χ0) is 11.5. The van der Waals surface area contributed by atoms with Gasteiger partial charge >= 0.3 is 0 Å². The Labute approximate surface area is 102 Å². The fourth-order valence-electron chi connectivity index (χ4n) is 1.94. The highest BCUT2D eigenvalue weighted by atomic mass is 35.5. The molecular formula is C13H19ClN2. The highest BCUT2D eigenvalue weighted by Gasteiger charge is 2.24. The SMILES string of the molecule is CCN(CC1CC1)c1ccc(CN)cc1Cl. The number of anilines is 1. The lowest BCUT2D eigenvalue weighted by atomic mass is 10.2. The molecule has 0 amide bonds. The Morgan fingerprint density at radius 3 is 2.69 bits per heavy atom. The van der Waals surface area contributed by atoms with E-state index in [9.17, 15) is 0 Å². The molecule has 1 aliphatic rings. The average molecular weight is 239 g/mol.